The van der Waals surface area contributed by atoms with Crippen LogP contribution in [-0.4, -0.2) is 24.0 Å². The number of hydrogen-bond donors (Lipinski definition) is 1. The van der Waals surface area contributed by atoms with Gasteiger partial charge in [-0.25, -0.2) is 4.39 Å². The molecule has 0 radical (unpaired) electrons. The Bertz CT molecular complexity index is 520. The first-order chi connectivity index (χ1) is 9.02. The van der Waals surface area contributed by atoms with Gasteiger partial charge in [0.15, 0.2) is 0 Å². The van der Waals surface area contributed by atoms with Crippen molar-refractivity contribution in [3.05, 3.63) is 39.7 Å². The molecule has 19 heavy (non-hydrogen) atoms. The number of nitro groups is 1. The molecule has 0 aromatic heterocycles. The van der Waals surface area contributed by atoms with E-state index in [0.29, 0.717) is 5.75 Å². The van der Waals surface area contributed by atoms with Crippen molar-refractivity contribution >= 4 is 5.91 Å². The molecule has 0 spiro atoms. The van der Waals surface area contributed by atoms with Crippen molar-refractivity contribution in [3.8, 4) is 5.75 Å². The maximum Gasteiger partial charge on any atom is 0.237 e. The number of rotatable bonds is 3. The molecule has 0 unspecified atom stereocenters. The summed E-state index contributed by atoms with van der Waals surface area (Å²) in [7, 11) is 1.42. The van der Waals surface area contributed by atoms with Crippen molar-refractivity contribution in [1.82, 2.24) is 5.32 Å². The molecule has 7 heteroatoms. The Hall–Kier alpha value is -2.18. The third-order valence-electron chi connectivity index (χ3n) is 3.18. The fraction of sp³-hybridized carbons (Fsp3) is 0.417. The van der Waals surface area contributed by atoms with Gasteiger partial charge in [0.05, 0.1) is 7.11 Å². The summed E-state index contributed by atoms with van der Waals surface area (Å²) in [5, 5.41) is 13.5. The van der Waals surface area contributed by atoms with Gasteiger partial charge in [0.2, 0.25) is 11.9 Å². The van der Waals surface area contributed by atoms with Gasteiger partial charge in [-0.15, -0.1) is 0 Å². The Morgan fingerprint density at radius 1 is 1.53 bits per heavy atom. The van der Waals surface area contributed by atoms with Crippen LogP contribution in [0, 0.1) is 15.9 Å². The zero-order valence-corrected chi connectivity index (χ0v) is 10.3. The van der Waals surface area contributed by atoms with Gasteiger partial charge in [0.25, 0.3) is 0 Å². The van der Waals surface area contributed by atoms with E-state index in [2.05, 4.69) is 5.32 Å². The molecule has 1 heterocycles. The van der Waals surface area contributed by atoms with Gasteiger partial charge in [-0.1, -0.05) is 0 Å². The van der Waals surface area contributed by atoms with Crippen LogP contribution < -0.4 is 10.1 Å². The smallest absolute Gasteiger partial charge is 0.237 e. The molecule has 1 aliphatic rings. The molecule has 1 N–H and O–H groups in total. The molecule has 102 valence electrons. The summed E-state index contributed by atoms with van der Waals surface area (Å²) in [5.74, 6) is -0.525. The fourth-order valence-electron chi connectivity index (χ4n) is 2.19. The number of piperidine rings is 1. The van der Waals surface area contributed by atoms with E-state index < -0.39 is 22.8 Å². The first-order valence-electron chi connectivity index (χ1n) is 5.79. The first kappa shape index (κ1) is 13.3. The van der Waals surface area contributed by atoms with Crippen molar-refractivity contribution in [2.45, 2.75) is 24.9 Å². The Morgan fingerprint density at radius 2 is 2.26 bits per heavy atom. The van der Waals surface area contributed by atoms with E-state index in [-0.39, 0.29) is 24.3 Å². The summed E-state index contributed by atoms with van der Waals surface area (Å²) in [6.45, 7) is 0. The maximum absolute atomic E-state index is 13.8. The topological polar surface area (TPSA) is 81.5 Å². The van der Waals surface area contributed by atoms with Gasteiger partial charge in [-0.2, -0.15) is 0 Å². The quantitative estimate of drug-likeness (QED) is 0.664. The molecule has 0 aliphatic carbocycles. The van der Waals surface area contributed by atoms with E-state index in [4.69, 9.17) is 4.74 Å². The minimum atomic E-state index is -1.03. The van der Waals surface area contributed by atoms with Crippen LogP contribution in [0.15, 0.2) is 18.2 Å². The van der Waals surface area contributed by atoms with Crippen LogP contribution in [0.3, 0.4) is 0 Å². The standard InChI is InChI=1S/C12H13FN2O4/c1-19-7-2-3-9(13)8(6-7)12-10(15(17)18)4-5-11(16)14-12/h2-3,6,10,12H,4-5H2,1H3,(H,14,16)/t10-,12-/m1/s1. The molecular formula is C12H13FN2O4. The highest BCUT2D eigenvalue weighted by molar-refractivity contribution is 5.77. The zero-order valence-electron chi connectivity index (χ0n) is 10.3. The number of amides is 1. The van der Waals surface area contributed by atoms with E-state index in [1.54, 1.807) is 0 Å². The molecule has 6 nitrogen and oxygen atoms in total. The lowest BCUT2D eigenvalue weighted by molar-refractivity contribution is -0.529. The summed E-state index contributed by atoms with van der Waals surface area (Å²) in [6.07, 6.45) is 0.174. The molecule has 1 fully saturated rings. The minimum absolute atomic E-state index is 0.0771. The predicted octanol–water partition coefficient (Wildman–Crippen LogP) is 1.43. The number of benzene rings is 1. The van der Waals surface area contributed by atoms with Gasteiger partial charge < -0.3 is 10.1 Å². The Balaban J connectivity index is 2.40. The summed E-state index contributed by atoms with van der Waals surface area (Å²) in [5.41, 5.74) is 0.0779. The third kappa shape index (κ3) is 2.64. The third-order valence-corrected chi connectivity index (χ3v) is 3.18. The molecule has 0 bridgehead atoms. The van der Waals surface area contributed by atoms with Crippen LogP contribution in [0.25, 0.3) is 0 Å². The van der Waals surface area contributed by atoms with Gasteiger partial charge >= 0.3 is 0 Å². The molecule has 2 rings (SSSR count). The van der Waals surface area contributed by atoms with Crippen LogP contribution in [0.1, 0.15) is 24.4 Å². The lowest BCUT2D eigenvalue weighted by Gasteiger charge is -2.27. The zero-order chi connectivity index (χ0) is 14.0. The summed E-state index contributed by atoms with van der Waals surface area (Å²) < 4.78 is 18.8. The molecule has 1 aromatic carbocycles. The van der Waals surface area contributed by atoms with E-state index >= 15 is 0 Å². The van der Waals surface area contributed by atoms with E-state index in [0.717, 1.165) is 0 Å². The van der Waals surface area contributed by atoms with Crippen LogP contribution in [-0.2, 0) is 4.79 Å². The fourth-order valence-corrected chi connectivity index (χ4v) is 2.19. The minimum Gasteiger partial charge on any atom is -0.497 e. The molecule has 0 saturated carbocycles. The first-order valence-corrected chi connectivity index (χ1v) is 5.79. The number of nitrogens with zero attached hydrogens (tertiary/aromatic N) is 1. The van der Waals surface area contributed by atoms with Gasteiger partial charge in [0.1, 0.15) is 17.6 Å². The van der Waals surface area contributed by atoms with Crippen molar-refractivity contribution in [3.63, 3.8) is 0 Å². The van der Waals surface area contributed by atoms with E-state index in [1.165, 1.54) is 25.3 Å². The predicted molar refractivity (Wildman–Crippen MR) is 63.9 cm³/mol. The lowest BCUT2D eigenvalue weighted by atomic mass is 9.92. The summed E-state index contributed by atoms with van der Waals surface area (Å²) in [6, 6.07) is 1.98. The molecule has 1 saturated heterocycles. The number of carbonyl (C=O) groups excluding carboxylic acids is 1. The summed E-state index contributed by atoms with van der Waals surface area (Å²) >= 11 is 0. The normalized spacial score (nSPS) is 22.7. The SMILES string of the molecule is COc1ccc(F)c([C@H]2NC(=O)CC[C@H]2[N+](=O)[O-])c1. The van der Waals surface area contributed by atoms with Crippen LogP contribution in [0.4, 0.5) is 4.39 Å². The number of ether oxygens (including phenoxy) is 1. The average Bonchev–Trinajstić information content (AvgIpc) is 2.38. The van der Waals surface area contributed by atoms with Crippen molar-refractivity contribution in [1.29, 1.82) is 0 Å². The monoisotopic (exact) mass is 268 g/mol. The van der Waals surface area contributed by atoms with Crippen molar-refractivity contribution in [2.75, 3.05) is 7.11 Å². The molecular weight excluding hydrogens is 255 g/mol. The van der Waals surface area contributed by atoms with Crippen LogP contribution >= 0.6 is 0 Å². The highest BCUT2D eigenvalue weighted by atomic mass is 19.1. The summed E-state index contributed by atoms with van der Waals surface area (Å²) in [4.78, 5) is 21.9. The second-order valence-corrected chi connectivity index (χ2v) is 4.32. The Morgan fingerprint density at radius 3 is 2.89 bits per heavy atom. The number of hydrogen-bond acceptors (Lipinski definition) is 4. The number of methoxy groups -OCH3 is 1. The Kier molecular flexibility index (Phi) is 3.64. The average molecular weight is 268 g/mol. The van der Waals surface area contributed by atoms with E-state index in [1.807, 2.05) is 0 Å². The van der Waals surface area contributed by atoms with Gasteiger partial charge in [0, 0.05) is 23.3 Å². The highest BCUT2D eigenvalue weighted by Gasteiger charge is 2.39. The van der Waals surface area contributed by atoms with Gasteiger partial charge in [-0.05, 0) is 18.2 Å². The van der Waals surface area contributed by atoms with E-state index in [9.17, 15) is 19.3 Å². The van der Waals surface area contributed by atoms with Gasteiger partial charge in [-0.3, -0.25) is 14.9 Å². The molecule has 1 amide bonds. The molecule has 1 aromatic rings. The second kappa shape index (κ2) is 5.21. The van der Waals surface area contributed by atoms with Crippen molar-refractivity contribution in [2.24, 2.45) is 0 Å². The largest absolute Gasteiger partial charge is 0.497 e. The van der Waals surface area contributed by atoms with Crippen LogP contribution in [0.2, 0.25) is 0 Å². The van der Waals surface area contributed by atoms with Crippen LogP contribution in [0.5, 0.6) is 5.75 Å². The second-order valence-electron chi connectivity index (χ2n) is 4.32. The molecule has 2 atom stereocenters. The van der Waals surface area contributed by atoms with Crippen molar-refractivity contribution < 1.29 is 18.8 Å². The maximum atomic E-state index is 13.8. The Labute approximate surface area is 108 Å². The molecule has 1 aliphatic heterocycles. The number of nitrogens with one attached hydrogen (secondary N) is 1. The number of halogens is 1. The number of carbonyl (C=O) groups is 1. The lowest BCUT2D eigenvalue weighted by Crippen LogP contribution is -2.45. The highest BCUT2D eigenvalue weighted by Crippen LogP contribution is 2.30.